The van der Waals surface area contributed by atoms with Crippen LogP contribution in [0.3, 0.4) is 0 Å². The number of anilines is 1. The number of rotatable bonds is 3. The summed E-state index contributed by atoms with van der Waals surface area (Å²) < 4.78 is 0. The van der Waals surface area contributed by atoms with Crippen molar-refractivity contribution < 1.29 is 4.79 Å². The van der Waals surface area contributed by atoms with E-state index < -0.39 is 5.91 Å². The molecular weight excluding hydrogens is 311 g/mol. The molecule has 1 aliphatic heterocycles. The molecule has 21 heavy (non-hydrogen) atoms. The second-order valence-electron chi connectivity index (χ2n) is 4.52. The zero-order valence-corrected chi connectivity index (χ0v) is 12.7. The Morgan fingerprint density at radius 1 is 1.38 bits per heavy atom. The van der Waals surface area contributed by atoms with Crippen LogP contribution < -0.4 is 10.6 Å². The molecule has 1 heterocycles. The molecule has 0 spiro atoms. The van der Waals surface area contributed by atoms with E-state index >= 15 is 0 Å². The number of hydrogen-bond donors (Lipinski definition) is 2. The van der Waals surface area contributed by atoms with Gasteiger partial charge in [0.2, 0.25) is 0 Å². The van der Waals surface area contributed by atoms with Gasteiger partial charge in [0.15, 0.2) is 0 Å². The first-order valence-electron chi connectivity index (χ1n) is 6.43. The van der Waals surface area contributed by atoms with E-state index in [1.807, 2.05) is 11.0 Å². The molecule has 1 aliphatic rings. The number of carbonyl (C=O) groups excluding carboxylic acids is 1. The van der Waals surface area contributed by atoms with Crippen molar-refractivity contribution in [3.8, 4) is 6.07 Å². The zero-order chi connectivity index (χ0) is 15.2. The van der Waals surface area contributed by atoms with E-state index in [0.717, 1.165) is 26.2 Å². The number of benzene rings is 1. The SMILES string of the molecule is N#C/C(=C/N1CCNCC1)C(=O)Nc1cc(Cl)ccc1Cl. The molecule has 0 aromatic heterocycles. The number of halogens is 2. The number of carbonyl (C=O) groups is 1. The fraction of sp³-hybridized carbons (Fsp3) is 0.286. The lowest BCUT2D eigenvalue weighted by atomic mass is 10.2. The zero-order valence-electron chi connectivity index (χ0n) is 11.2. The average Bonchev–Trinajstić information content (AvgIpc) is 2.49. The number of nitrogens with zero attached hydrogens (tertiary/aromatic N) is 2. The molecule has 2 rings (SSSR count). The first-order chi connectivity index (χ1) is 10.1. The summed E-state index contributed by atoms with van der Waals surface area (Å²) in [5.41, 5.74) is 0.420. The first kappa shape index (κ1) is 15.6. The van der Waals surface area contributed by atoms with Crippen molar-refractivity contribution in [2.75, 3.05) is 31.5 Å². The Kier molecular flexibility index (Phi) is 5.45. The van der Waals surface area contributed by atoms with E-state index in [1.54, 1.807) is 24.4 Å². The fourth-order valence-corrected chi connectivity index (χ4v) is 2.25. The van der Waals surface area contributed by atoms with Gasteiger partial charge in [0.1, 0.15) is 11.6 Å². The largest absolute Gasteiger partial charge is 0.374 e. The Balaban J connectivity index is 2.11. The van der Waals surface area contributed by atoms with Crippen LogP contribution in [0, 0.1) is 11.3 Å². The number of nitrogens with one attached hydrogen (secondary N) is 2. The minimum Gasteiger partial charge on any atom is -0.374 e. The summed E-state index contributed by atoms with van der Waals surface area (Å²) in [5, 5.41) is 15.8. The van der Waals surface area contributed by atoms with Crippen LogP contribution in [0.4, 0.5) is 5.69 Å². The van der Waals surface area contributed by atoms with Crippen LogP contribution in [0.25, 0.3) is 0 Å². The number of amides is 1. The molecule has 0 unspecified atom stereocenters. The minimum absolute atomic E-state index is 0.0351. The van der Waals surface area contributed by atoms with Crippen molar-refractivity contribution in [2.45, 2.75) is 0 Å². The lowest BCUT2D eigenvalue weighted by Gasteiger charge is -2.26. The Bertz CT molecular complexity index is 603. The molecule has 2 N–H and O–H groups in total. The third-order valence-corrected chi connectivity index (χ3v) is 3.57. The quantitative estimate of drug-likeness (QED) is 0.661. The molecule has 0 radical (unpaired) electrons. The first-order valence-corrected chi connectivity index (χ1v) is 7.19. The Morgan fingerprint density at radius 2 is 2.10 bits per heavy atom. The minimum atomic E-state index is -0.500. The van der Waals surface area contributed by atoms with Crippen LogP contribution in [-0.4, -0.2) is 37.0 Å². The van der Waals surface area contributed by atoms with Crippen molar-refractivity contribution in [3.05, 3.63) is 40.0 Å². The van der Waals surface area contributed by atoms with Gasteiger partial charge in [-0.25, -0.2) is 0 Å². The summed E-state index contributed by atoms with van der Waals surface area (Å²) in [6.07, 6.45) is 1.58. The molecule has 110 valence electrons. The monoisotopic (exact) mass is 324 g/mol. The molecule has 0 bridgehead atoms. The highest BCUT2D eigenvalue weighted by Gasteiger charge is 2.14. The van der Waals surface area contributed by atoms with Crippen LogP contribution in [-0.2, 0) is 4.79 Å². The van der Waals surface area contributed by atoms with Crippen molar-refractivity contribution in [1.82, 2.24) is 10.2 Å². The van der Waals surface area contributed by atoms with Gasteiger partial charge < -0.3 is 15.5 Å². The molecule has 0 aliphatic carbocycles. The smallest absolute Gasteiger partial charge is 0.267 e. The normalized spacial score (nSPS) is 15.5. The van der Waals surface area contributed by atoms with E-state index in [1.165, 1.54) is 0 Å². The van der Waals surface area contributed by atoms with E-state index in [9.17, 15) is 4.79 Å². The third-order valence-electron chi connectivity index (χ3n) is 3.00. The highest BCUT2D eigenvalue weighted by Crippen LogP contribution is 2.25. The molecule has 1 aromatic rings. The summed E-state index contributed by atoms with van der Waals surface area (Å²) >= 11 is 11.9. The molecule has 1 saturated heterocycles. The van der Waals surface area contributed by atoms with E-state index in [4.69, 9.17) is 28.5 Å². The standard InChI is InChI=1S/C14H14Cl2N4O/c15-11-1-2-12(16)13(7-11)19-14(21)10(8-17)9-20-5-3-18-4-6-20/h1-2,7,9,18H,3-6H2,(H,19,21)/b10-9-. The van der Waals surface area contributed by atoms with Gasteiger partial charge in [-0.05, 0) is 18.2 Å². The molecular formula is C14H14Cl2N4O. The average molecular weight is 325 g/mol. The van der Waals surface area contributed by atoms with Crippen LogP contribution in [0.1, 0.15) is 0 Å². The van der Waals surface area contributed by atoms with Crippen LogP contribution in [0.5, 0.6) is 0 Å². The molecule has 0 saturated carbocycles. The lowest BCUT2D eigenvalue weighted by molar-refractivity contribution is -0.112. The second kappa shape index (κ2) is 7.32. The maximum absolute atomic E-state index is 12.1. The number of hydrogen-bond acceptors (Lipinski definition) is 4. The second-order valence-corrected chi connectivity index (χ2v) is 5.36. The Hall–Kier alpha value is -1.74. The summed E-state index contributed by atoms with van der Waals surface area (Å²) in [5.74, 6) is -0.500. The highest BCUT2D eigenvalue weighted by atomic mass is 35.5. The van der Waals surface area contributed by atoms with Gasteiger partial charge >= 0.3 is 0 Å². The van der Waals surface area contributed by atoms with Crippen LogP contribution >= 0.6 is 23.2 Å². The van der Waals surface area contributed by atoms with E-state index in [0.29, 0.717) is 15.7 Å². The molecule has 1 amide bonds. The third kappa shape index (κ3) is 4.36. The predicted molar refractivity (Wildman–Crippen MR) is 83.2 cm³/mol. The van der Waals surface area contributed by atoms with Crippen LogP contribution in [0.2, 0.25) is 10.0 Å². The van der Waals surface area contributed by atoms with E-state index in [2.05, 4.69) is 10.6 Å². The molecule has 7 heteroatoms. The topological polar surface area (TPSA) is 68.2 Å². The van der Waals surface area contributed by atoms with E-state index in [-0.39, 0.29) is 5.57 Å². The number of nitriles is 1. The number of piperazine rings is 1. The van der Waals surface area contributed by atoms with Gasteiger partial charge in [0.25, 0.3) is 5.91 Å². The molecule has 1 fully saturated rings. The molecule has 1 aromatic carbocycles. The Labute approximate surface area is 133 Å². The summed E-state index contributed by atoms with van der Waals surface area (Å²) in [6.45, 7) is 3.18. The van der Waals surface area contributed by atoms with Crippen molar-refractivity contribution in [1.29, 1.82) is 5.26 Å². The molecule has 0 atom stereocenters. The van der Waals surface area contributed by atoms with Gasteiger partial charge in [-0.2, -0.15) is 5.26 Å². The van der Waals surface area contributed by atoms with Gasteiger partial charge in [0.05, 0.1) is 10.7 Å². The summed E-state index contributed by atoms with van der Waals surface area (Å²) in [4.78, 5) is 14.1. The van der Waals surface area contributed by atoms with Gasteiger partial charge in [0, 0.05) is 37.4 Å². The Morgan fingerprint density at radius 3 is 2.76 bits per heavy atom. The molecule has 5 nitrogen and oxygen atoms in total. The van der Waals surface area contributed by atoms with Crippen molar-refractivity contribution in [3.63, 3.8) is 0 Å². The van der Waals surface area contributed by atoms with Crippen molar-refractivity contribution in [2.24, 2.45) is 0 Å². The predicted octanol–water partition coefficient (Wildman–Crippen LogP) is 2.24. The van der Waals surface area contributed by atoms with Gasteiger partial charge in [-0.15, -0.1) is 0 Å². The van der Waals surface area contributed by atoms with Gasteiger partial charge in [-0.1, -0.05) is 23.2 Å². The highest BCUT2D eigenvalue weighted by molar-refractivity contribution is 6.35. The van der Waals surface area contributed by atoms with Gasteiger partial charge in [-0.3, -0.25) is 4.79 Å². The lowest BCUT2D eigenvalue weighted by Crippen LogP contribution is -2.41. The maximum Gasteiger partial charge on any atom is 0.267 e. The summed E-state index contributed by atoms with van der Waals surface area (Å²) in [7, 11) is 0. The van der Waals surface area contributed by atoms with Crippen molar-refractivity contribution >= 4 is 34.8 Å². The maximum atomic E-state index is 12.1. The van der Waals surface area contributed by atoms with Crippen LogP contribution in [0.15, 0.2) is 30.0 Å². The summed E-state index contributed by atoms with van der Waals surface area (Å²) in [6, 6.07) is 6.67. The fourth-order valence-electron chi connectivity index (χ4n) is 1.92.